The van der Waals surface area contributed by atoms with E-state index in [1.165, 1.54) is 11.0 Å². The molecule has 96 valence electrons. The van der Waals surface area contributed by atoms with Crippen molar-refractivity contribution in [3.05, 3.63) is 12.7 Å². The maximum Gasteiger partial charge on any atom is 0.411 e. The molecule has 0 aromatic heterocycles. The van der Waals surface area contributed by atoms with Crippen LogP contribution in [0, 0.1) is 0 Å². The fourth-order valence-electron chi connectivity index (χ4n) is 1.74. The molecule has 0 spiro atoms. The number of nitrogens with zero attached hydrogens (tertiary/aromatic N) is 1. The molecule has 0 aromatic carbocycles. The average Bonchev–Trinajstić information content (AvgIpc) is 2.24. The molecule has 17 heavy (non-hydrogen) atoms. The molecule has 6 heteroatoms. The molecule has 1 N–H and O–H groups in total. The zero-order chi connectivity index (χ0) is 13.1. The highest BCUT2D eigenvalue weighted by Gasteiger charge is 2.44. The molecule has 1 fully saturated rings. The number of ether oxygens (including phenoxy) is 2. The number of amides is 1. The van der Waals surface area contributed by atoms with Crippen LogP contribution in [0.2, 0.25) is 0 Å². The van der Waals surface area contributed by atoms with Crippen molar-refractivity contribution in [2.45, 2.75) is 25.4 Å². The minimum absolute atomic E-state index is 0.0258. The van der Waals surface area contributed by atoms with Crippen LogP contribution in [0.1, 0.15) is 13.8 Å². The Hall–Kier alpha value is -1.56. The van der Waals surface area contributed by atoms with Crippen LogP contribution in [0.5, 0.6) is 0 Å². The van der Waals surface area contributed by atoms with Crippen LogP contribution in [0.25, 0.3) is 0 Å². The van der Waals surface area contributed by atoms with E-state index >= 15 is 0 Å². The average molecular weight is 243 g/mol. The van der Waals surface area contributed by atoms with Gasteiger partial charge >= 0.3 is 12.1 Å². The molecule has 1 aliphatic heterocycles. The largest absolute Gasteiger partial charge is 0.480 e. The standard InChI is InChI=1S/C11H17NO5/c1-4-5-17-10(15)12-8(9(13)14)6-16-7-11(12,2)3/h4,8H,1,5-7H2,2-3H3,(H,13,14). The topological polar surface area (TPSA) is 76.1 Å². The molecule has 0 saturated carbocycles. The number of aliphatic carboxylic acids is 1. The third kappa shape index (κ3) is 2.97. The van der Waals surface area contributed by atoms with Gasteiger partial charge in [0.05, 0.1) is 18.8 Å². The third-order valence-electron chi connectivity index (χ3n) is 2.50. The first kappa shape index (κ1) is 13.5. The normalized spacial score (nSPS) is 22.9. The second-order valence-corrected chi connectivity index (χ2v) is 4.42. The molecular formula is C11H17NO5. The highest BCUT2D eigenvalue weighted by Crippen LogP contribution is 2.24. The Labute approximate surface area is 99.8 Å². The molecule has 1 saturated heterocycles. The zero-order valence-corrected chi connectivity index (χ0v) is 10.0. The van der Waals surface area contributed by atoms with Crippen LogP contribution in [0.15, 0.2) is 12.7 Å². The summed E-state index contributed by atoms with van der Waals surface area (Å²) in [4.78, 5) is 24.1. The highest BCUT2D eigenvalue weighted by molar-refractivity contribution is 5.81. The number of carbonyl (C=O) groups is 2. The van der Waals surface area contributed by atoms with E-state index < -0.39 is 23.6 Å². The van der Waals surface area contributed by atoms with Crippen molar-refractivity contribution >= 4 is 12.1 Å². The maximum absolute atomic E-state index is 11.8. The lowest BCUT2D eigenvalue weighted by Gasteiger charge is -2.44. The summed E-state index contributed by atoms with van der Waals surface area (Å²) >= 11 is 0. The van der Waals surface area contributed by atoms with Crippen LogP contribution in [0.4, 0.5) is 4.79 Å². The molecular weight excluding hydrogens is 226 g/mol. The van der Waals surface area contributed by atoms with Crippen LogP contribution < -0.4 is 0 Å². The number of carboxylic acids is 1. The number of hydrogen-bond acceptors (Lipinski definition) is 4. The Morgan fingerprint density at radius 3 is 2.82 bits per heavy atom. The van der Waals surface area contributed by atoms with Gasteiger partial charge in [-0.15, -0.1) is 0 Å². The molecule has 0 bridgehead atoms. The Morgan fingerprint density at radius 1 is 1.65 bits per heavy atom. The van der Waals surface area contributed by atoms with E-state index in [2.05, 4.69) is 6.58 Å². The summed E-state index contributed by atoms with van der Waals surface area (Å²) in [5, 5.41) is 9.07. The Bertz CT molecular complexity index is 326. The van der Waals surface area contributed by atoms with Gasteiger partial charge in [-0.1, -0.05) is 12.7 Å². The number of carboxylic acid groups (broad SMARTS) is 1. The van der Waals surface area contributed by atoms with Crippen molar-refractivity contribution in [3.63, 3.8) is 0 Å². The quantitative estimate of drug-likeness (QED) is 0.744. The number of carbonyl (C=O) groups excluding carboxylic acids is 1. The molecule has 1 unspecified atom stereocenters. The molecule has 1 heterocycles. The fourth-order valence-corrected chi connectivity index (χ4v) is 1.74. The first-order valence-electron chi connectivity index (χ1n) is 5.27. The van der Waals surface area contributed by atoms with Crippen molar-refractivity contribution in [2.24, 2.45) is 0 Å². The van der Waals surface area contributed by atoms with Gasteiger partial charge in [0.2, 0.25) is 0 Å². The van der Waals surface area contributed by atoms with Gasteiger partial charge < -0.3 is 14.6 Å². The van der Waals surface area contributed by atoms with Crippen LogP contribution >= 0.6 is 0 Å². The van der Waals surface area contributed by atoms with Gasteiger partial charge in [-0.05, 0) is 13.8 Å². The summed E-state index contributed by atoms with van der Waals surface area (Å²) in [6.45, 7) is 7.20. The monoisotopic (exact) mass is 243 g/mol. The molecule has 0 aromatic rings. The first-order chi connectivity index (χ1) is 7.90. The summed E-state index contributed by atoms with van der Waals surface area (Å²) < 4.78 is 10.1. The van der Waals surface area contributed by atoms with E-state index in [0.29, 0.717) is 0 Å². The maximum atomic E-state index is 11.8. The second-order valence-electron chi connectivity index (χ2n) is 4.42. The van der Waals surface area contributed by atoms with E-state index in [-0.39, 0.29) is 19.8 Å². The molecule has 1 aliphatic rings. The van der Waals surface area contributed by atoms with Crippen LogP contribution in [-0.2, 0) is 14.3 Å². The molecule has 1 rings (SSSR count). The predicted molar refractivity (Wildman–Crippen MR) is 59.7 cm³/mol. The Balaban J connectivity index is 2.88. The molecule has 1 atom stereocenters. The van der Waals surface area contributed by atoms with Gasteiger partial charge in [0.1, 0.15) is 6.61 Å². The molecule has 6 nitrogen and oxygen atoms in total. The highest BCUT2D eigenvalue weighted by atomic mass is 16.6. The summed E-state index contributed by atoms with van der Waals surface area (Å²) in [5.41, 5.74) is -0.709. The van der Waals surface area contributed by atoms with Crippen molar-refractivity contribution < 1.29 is 24.2 Å². The summed E-state index contributed by atoms with van der Waals surface area (Å²) in [6, 6.07) is -1.02. The minimum Gasteiger partial charge on any atom is -0.480 e. The lowest BCUT2D eigenvalue weighted by Crippen LogP contribution is -2.63. The Morgan fingerprint density at radius 2 is 2.29 bits per heavy atom. The lowest BCUT2D eigenvalue weighted by atomic mass is 10.00. The van der Waals surface area contributed by atoms with Gasteiger partial charge in [-0.2, -0.15) is 0 Å². The SMILES string of the molecule is C=CCOC(=O)N1C(C(=O)O)COCC1(C)C. The first-order valence-corrected chi connectivity index (χ1v) is 5.27. The lowest BCUT2D eigenvalue weighted by molar-refractivity contribution is -0.156. The van der Waals surface area contributed by atoms with Crippen molar-refractivity contribution in [1.29, 1.82) is 0 Å². The van der Waals surface area contributed by atoms with Gasteiger partial charge in [-0.3, -0.25) is 4.90 Å². The van der Waals surface area contributed by atoms with E-state index in [4.69, 9.17) is 14.6 Å². The number of hydrogen-bond donors (Lipinski definition) is 1. The van der Waals surface area contributed by atoms with E-state index in [0.717, 1.165) is 0 Å². The number of rotatable bonds is 3. The van der Waals surface area contributed by atoms with E-state index in [9.17, 15) is 9.59 Å². The van der Waals surface area contributed by atoms with Crippen molar-refractivity contribution in [2.75, 3.05) is 19.8 Å². The summed E-state index contributed by atoms with van der Waals surface area (Å²) in [7, 11) is 0. The van der Waals surface area contributed by atoms with Crippen molar-refractivity contribution in [3.8, 4) is 0 Å². The fraction of sp³-hybridized carbons (Fsp3) is 0.636. The predicted octanol–water partition coefficient (Wildman–Crippen LogP) is 0.873. The number of morpholine rings is 1. The van der Waals surface area contributed by atoms with Gasteiger partial charge in [-0.25, -0.2) is 9.59 Å². The zero-order valence-electron chi connectivity index (χ0n) is 10.0. The molecule has 0 aliphatic carbocycles. The third-order valence-corrected chi connectivity index (χ3v) is 2.50. The van der Waals surface area contributed by atoms with Crippen LogP contribution in [-0.4, -0.2) is 53.5 Å². The minimum atomic E-state index is -1.10. The smallest absolute Gasteiger partial charge is 0.411 e. The van der Waals surface area contributed by atoms with Crippen LogP contribution in [0.3, 0.4) is 0 Å². The summed E-state index contributed by atoms with van der Waals surface area (Å²) in [5.74, 6) is -1.10. The van der Waals surface area contributed by atoms with Gasteiger partial charge in [0, 0.05) is 0 Å². The molecule has 0 radical (unpaired) electrons. The van der Waals surface area contributed by atoms with Gasteiger partial charge in [0.25, 0.3) is 0 Å². The van der Waals surface area contributed by atoms with E-state index in [1.54, 1.807) is 13.8 Å². The second kappa shape index (κ2) is 5.18. The van der Waals surface area contributed by atoms with Gasteiger partial charge in [0.15, 0.2) is 6.04 Å². The van der Waals surface area contributed by atoms with Crippen molar-refractivity contribution in [1.82, 2.24) is 4.90 Å². The Kier molecular flexibility index (Phi) is 4.11. The van der Waals surface area contributed by atoms with E-state index in [1.807, 2.05) is 0 Å². The molecule has 1 amide bonds. The summed E-state index contributed by atoms with van der Waals surface area (Å²) in [6.07, 6.45) is 0.770.